The number of rotatable bonds is 5. The largest absolute Gasteiger partial charge is 0.478 e. The fourth-order valence-corrected chi connectivity index (χ4v) is 3.32. The van der Waals surface area contributed by atoms with Gasteiger partial charge in [-0.05, 0) is 42.0 Å². The van der Waals surface area contributed by atoms with E-state index < -0.39 is 5.97 Å². The Morgan fingerprint density at radius 3 is 2.47 bits per heavy atom. The smallest absolute Gasteiger partial charge is 0.336 e. The van der Waals surface area contributed by atoms with Crippen LogP contribution in [0.15, 0.2) is 77.5 Å². The summed E-state index contributed by atoms with van der Waals surface area (Å²) in [7, 11) is 0. The summed E-state index contributed by atoms with van der Waals surface area (Å²) in [5, 5.41) is 13.2. The molecule has 30 heavy (non-hydrogen) atoms. The second-order valence-corrected chi connectivity index (χ2v) is 7.47. The monoisotopic (exact) mass is 461 g/mol. The SMILES string of the molecule is O=C(O)C(=Cc1c[nH]c2ncc(NC(=O)c3ccc(Br)cc3)cc12)c1ccccc1. The maximum Gasteiger partial charge on any atom is 0.336 e. The molecule has 0 bridgehead atoms. The zero-order valence-corrected chi connectivity index (χ0v) is 17.2. The fourth-order valence-electron chi connectivity index (χ4n) is 3.06. The molecule has 2 heterocycles. The molecule has 4 aromatic rings. The van der Waals surface area contributed by atoms with Gasteiger partial charge < -0.3 is 15.4 Å². The minimum absolute atomic E-state index is 0.167. The molecular weight excluding hydrogens is 446 g/mol. The van der Waals surface area contributed by atoms with Crippen molar-refractivity contribution in [2.24, 2.45) is 0 Å². The number of carbonyl (C=O) groups excluding carboxylic acids is 1. The van der Waals surface area contributed by atoms with Gasteiger partial charge in [-0.1, -0.05) is 46.3 Å². The lowest BCUT2D eigenvalue weighted by Gasteiger charge is -2.06. The van der Waals surface area contributed by atoms with Gasteiger partial charge in [-0.25, -0.2) is 9.78 Å². The molecule has 0 aliphatic rings. The maximum atomic E-state index is 12.5. The number of hydrogen-bond acceptors (Lipinski definition) is 3. The third-order valence-corrected chi connectivity index (χ3v) is 5.07. The summed E-state index contributed by atoms with van der Waals surface area (Å²) in [4.78, 5) is 31.7. The van der Waals surface area contributed by atoms with Crippen molar-refractivity contribution >= 4 is 56.2 Å². The number of carbonyl (C=O) groups is 2. The minimum Gasteiger partial charge on any atom is -0.478 e. The van der Waals surface area contributed by atoms with Gasteiger partial charge in [0, 0.05) is 27.2 Å². The van der Waals surface area contributed by atoms with Crippen LogP contribution >= 0.6 is 15.9 Å². The molecule has 4 rings (SSSR count). The molecule has 0 aliphatic carbocycles. The van der Waals surface area contributed by atoms with Gasteiger partial charge >= 0.3 is 5.97 Å². The molecule has 0 atom stereocenters. The zero-order valence-electron chi connectivity index (χ0n) is 15.6. The number of aromatic nitrogens is 2. The first-order valence-corrected chi connectivity index (χ1v) is 9.85. The average molecular weight is 462 g/mol. The predicted molar refractivity (Wildman–Crippen MR) is 120 cm³/mol. The summed E-state index contributed by atoms with van der Waals surface area (Å²) < 4.78 is 0.888. The van der Waals surface area contributed by atoms with Crippen LogP contribution in [0.3, 0.4) is 0 Å². The van der Waals surface area contributed by atoms with E-state index in [9.17, 15) is 14.7 Å². The van der Waals surface area contributed by atoms with Crippen molar-refractivity contribution in [1.82, 2.24) is 9.97 Å². The minimum atomic E-state index is -1.02. The van der Waals surface area contributed by atoms with Crippen molar-refractivity contribution in [3.8, 4) is 0 Å². The van der Waals surface area contributed by atoms with Crippen LogP contribution < -0.4 is 5.32 Å². The third kappa shape index (κ3) is 4.16. The summed E-state index contributed by atoms with van der Waals surface area (Å²) in [5.41, 5.74) is 3.07. The van der Waals surface area contributed by atoms with E-state index >= 15 is 0 Å². The second-order valence-electron chi connectivity index (χ2n) is 6.55. The molecule has 6 nitrogen and oxygen atoms in total. The van der Waals surface area contributed by atoms with E-state index in [0.717, 1.165) is 4.47 Å². The number of hydrogen-bond donors (Lipinski definition) is 3. The van der Waals surface area contributed by atoms with Gasteiger partial charge in [-0.3, -0.25) is 4.79 Å². The number of carboxylic acid groups (broad SMARTS) is 1. The van der Waals surface area contributed by atoms with Gasteiger partial charge in [-0.2, -0.15) is 0 Å². The second kappa shape index (κ2) is 8.34. The third-order valence-electron chi connectivity index (χ3n) is 4.54. The number of nitrogens with zero attached hydrogens (tertiary/aromatic N) is 1. The number of anilines is 1. The van der Waals surface area contributed by atoms with E-state index in [0.29, 0.717) is 33.4 Å². The van der Waals surface area contributed by atoms with E-state index in [1.165, 1.54) is 0 Å². The molecule has 0 saturated carbocycles. The highest BCUT2D eigenvalue weighted by molar-refractivity contribution is 9.10. The number of pyridine rings is 1. The van der Waals surface area contributed by atoms with Gasteiger partial charge in [0.15, 0.2) is 0 Å². The van der Waals surface area contributed by atoms with Gasteiger partial charge in [0.2, 0.25) is 0 Å². The first-order valence-electron chi connectivity index (χ1n) is 9.06. The van der Waals surface area contributed by atoms with Gasteiger partial charge in [-0.15, -0.1) is 0 Å². The number of nitrogens with one attached hydrogen (secondary N) is 2. The molecule has 7 heteroatoms. The van der Waals surface area contributed by atoms with Gasteiger partial charge in [0.25, 0.3) is 5.91 Å². The van der Waals surface area contributed by atoms with Crippen LogP contribution in [-0.4, -0.2) is 27.0 Å². The Bertz CT molecular complexity index is 1260. The molecule has 0 saturated heterocycles. The van der Waals surface area contributed by atoms with Crippen LogP contribution in [0.4, 0.5) is 5.69 Å². The Morgan fingerprint density at radius 2 is 1.77 bits per heavy atom. The molecule has 148 valence electrons. The van der Waals surface area contributed by atoms with E-state index in [-0.39, 0.29) is 11.5 Å². The zero-order chi connectivity index (χ0) is 21.1. The predicted octanol–water partition coefficient (Wildman–Crippen LogP) is 5.20. The highest BCUT2D eigenvalue weighted by Crippen LogP contribution is 2.26. The van der Waals surface area contributed by atoms with Crippen molar-refractivity contribution < 1.29 is 14.7 Å². The van der Waals surface area contributed by atoms with Gasteiger partial charge in [0.05, 0.1) is 17.5 Å². The quantitative estimate of drug-likeness (QED) is 0.355. The first-order chi connectivity index (χ1) is 14.5. The standard InChI is InChI=1S/C23H16BrN3O3/c24-17-8-6-15(7-9-17)22(28)27-18-11-19-16(12-25-21(19)26-13-18)10-20(23(29)30)14-4-2-1-3-5-14/h1-13H,(H,25,26)(H,27,28)(H,29,30). The van der Waals surface area contributed by atoms with Crippen LogP contribution in [0.5, 0.6) is 0 Å². The molecule has 2 aromatic heterocycles. The Labute approximate surface area is 180 Å². The topological polar surface area (TPSA) is 95.1 Å². The van der Waals surface area contributed by atoms with Crippen LogP contribution in [0.1, 0.15) is 21.5 Å². The van der Waals surface area contributed by atoms with E-state index in [2.05, 4.69) is 31.2 Å². The number of aromatic amines is 1. The molecule has 3 N–H and O–H groups in total. The number of halogens is 1. The molecule has 0 unspecified atom stereocenters. The van der Waals surface area contributed by atoms with Crippen molar-refractivity contribution in [2.75, 3.05) is 5.32 Å². The van der Waals surface area contributed by atoms with Crippen molar-refractivity contribution in [3.05, 3.63) is 94.2 Å². The summed E-state index contributed by atoms with van der Waals surface area (Å²) >= 11 is 3.35. The highest BCUT2D eigenvalue weighted by atomic mass is 79.9. The normalized spacial score (nSPS) is 11.4. The van der Waals surface area contributed by atoms with Crippen LogP contribution in [0.2, 0.25) is 0 Å². The van der Waals surface area contributed by atoms with Crippen LogP contribution in [0, 0.1) is 0 Å². The highest BCUT2D eigenvalue weighted by Gasteiger charge is 2.13. The Morgan fingerprint density at radius 1 is 1.03 bits per heavy atom. The Balaban J connectivity index is 1.68. The maximum absolute atomic E-state index is 12.5. The number of amides is 1. The molecule has 0 aliphatic heterocycles. The lowest BCUT2D eigenvalue weighted by Crippen LogP contribution is -2.11. The van der Waals surface area contributed by atoms with Crippen molar-refractivity contribution in [3.63, 3.8) is 0 Å². The van der Waals surface area contributed by atoms with E-state index in [1.54, 1.807) is 73.1 Å². The molecule has 0 spiro atoms. The van der Waals surface area contributed by atoms with E-state index in [1.807, 2.05) is 6.07 Å². The van der Waals surface area contributed by atoms with E-state index in [4.69, 9.17) is 0 Å². The lowest BCUT2D eigenvalue weighted by molar-refractivity contribution is -0.130. The molecule has 0 fully saturated rings. The van der Waals surface area contributed by atoms with Crippen LogP contribution in [0.25, 0.3) is 22.7 Å². The summed E-state index contributed by atoms with van der Waals surface area (Å²) in [6.45, 7) is 0. The molecule has 1 amide bonds. The molecular formula is C23H16BrN3O3. The Hall–Kier alpha value is -3.71. The van der Waals surface area contributed by atoms with Gasteiger partial charge in [0.1, 0.15) is 5.65 Å². The summed E-state index contributed by atoms with van der Waals surface area (Å²) in [5.74, 6) is -1.28. The number of fused-ring (bicyclic) bond motifs is 1. The lowest BCUT2D eigenvalue weighted by atomic mass is 10.0. The average Bonchev–Trinajstić information content (AvgIpc) is 3.15. The van der Waals surface area contributed by atoms with Crippen LogP contribution in [-0.2, 0) is 4.79 Å². The number of aliphatic carboxylic acids is 1. The number of carboxylic acids is 1. The first kappa shape index (κ1) is 19.6. The number of benzene rings is 2. The number of H-pyrrole nitrogens is 1. The summed E-state index contributed by atoms with van der Waals surface area (Å²) in [6.07, 6.45) is 4.85. The van der Waals surface area contributed by atoms with Crippen molar-refractivity contribution in [1.29, 1.82) is 0 Å². The Kier molecular flexibility index (Phi) is 5.45. The molecule has 2 aromatic carbocycles. The summed E-state index contributed by atoms with van der Waals surface area (Å²) in [6, 6.07) is 17.7. The molecule has 0 radical (unpaired) electrons. The van der Waals surface area contributed by atoms with Crippen molar-refractivity contribution in [2.45, 2.75) is 0 Å². The fraction of sp³-hybridized carbons (Fsp3) is 0.